The molecule has 0 radical (unpaired) electrons. The smallest absolute Gasteiger partial charge is 0.337 e. The first-order valence-electron chi connectivity index (χ1n) is 6.24. The van der Waals surface area contributed by atoms with Crippen LogP contribution in [0, 0.1) is 0 Å². The number of halogens is 1. The molecule has 0 amide bonds. The highest BCUT2D eigenvalue weighted by atomic mass is 35.5. The molecule has 2 aromatic rings. The van der Waals surface area contributed by atoms with Crippen LogP contribution in [0.2, 0.25) is 5.02 Å². The predicted octanol–water partition coefficient (Wildman–Crippen LogP) is 4.30. The number of para-hydroxylation sites is 1. The number of hydrogen-bond donors (Lipinski definition) is 2. The Labute approximate surface area is 122 Å². The van der Waals surface area contributed by atoms with E-state index in [1.54, 1.807) is 0 Å². The van der Waals surface area contributed by atoms with Crippen LogP contribution in [0.3, 0.4) is 0 Å². The lowest BCUT2D eigenvalue weighted by atomic mass is 10.0. The maximum absolute atomic E-state index is 11.1. The van der Waals surface area contributed by atoms with Crippen LogP contribution in [0.1, 0.15) is 35.7 Å². The maximum atomic E-state index is 11.1. The number of nitrogens with zero attached hydrogens (tertiary/aromatic N) is 1. The van der Waals surface area contributed by atoms with E-state index in [0.717, 1.165) is 11.3 Å². The highest BCUT2D eigenvalue weighted by Gasteiger charge is 2.12. The summed E-state index contributed by atoms with van der Waals surface area (Å²) in [5, 5.41) is 12.3. The fourth-order valence-electron chi connectivity index (χ4n) is 1.92. The molecule has 0 bridgehead atoms. The Morgan fingerprint density at radius 2 is 2.05 bits per heavy atom. The zero-order valence-corrected chi connectivity index (χ0v) is 12.0. The normalized spacial score (nSPS) is 10.6. The number of aromatic carboxylic acids is 1. The van der Waals surface area contributed by atoms with Gasteiger partial charge in [0.05, 0.1) is 10.6 Å². The number of aromatic nitrogens is 1. The SMILES string of the molecule is CC(C)c1ccccc1Nc1cc(C(=O)O)c(Cl)cn1. The van der Waals surface area contributed by atoms with Gasteiger partial charge in [-0.05, 0) is 23.6 Å². The largest absolute Gasteiger partial charge is 0.478 e. The van der Waals surface area contributed by atoms with Gasteiger partial charge in [-0.1, -0.05) is 43.6 Å². The summed E-state index contributed by atoms with van der Waals surface area (Å²) in [5.41, 5.74) is 2.08. The van der Waals surface area contributed by atoms with Crippen molar-refractivity contribution in [2.75, 3.05) is 5.32 Å². The van der Waals surface area contributed by atoms with Crippen molar-refractivity contribution in [1.82, 2.24) is 4.98 Å². The molecule has 1 aromatic carbocycles. The molecular formula is C15H15ClN2O2. The Hall–Kier alpha value is -2.07. The molecular weight excluding hydrogens is 276 g/mol. The molecule has 0 atom stereocenters. The van der Waals surface area contributed by atoms with Crippen LogP contribution in [-0.2, 0) is 0 Å². The molecule has 104 valence electrons. The number of hydrogen-bond acceptors (Lipinski definition) is 3. The molecule has 2 N–H and O–H groups in total. The molecule has 1 aromatic heterocycles. The van der Waals surface area contributed by atoms with E-state index in [1.165, 1.54) is 12.3 Å². The number of carbonyl (C=O) groups is 1. The number of carboxylic acids is 1. The summed E-state index contributed by atoms with van der Waals surface area (Å²) in [6.07, 6.45) is 1.34. The second-order valence-corrected chi connectivity index (χ2v) is 5.13. The van der Waals surface area contributed by atoms with Gasteiger partial charge in [0.2, 0.25) is 0 Å². The van der Waals surface area contributed by atoms with E-state index in [9.17, 15) is 4.79 Å². The molecule has 0 saturated heterocycles. The number of nitrogens with one attached hydrogen (secondary N) is 1. The quantitative estimate of drug-likeness (QED) is 0.881. The number of benzene rings is 1. The van der Waals surface area contributed by atoms with E-state index in [1.807, 2.05) is 24.3 Å². The molecule has 0 spiro atoms. The molecule has 1 heterocycles. The highest BCUT2D eigenvalue weighted by molar-refractivity contribution is 6.33. The Kier molecular flexibility index (Phi) is 4.25. The molecule has 0 aliphatic carbocycles. The number of pyridine rings is 1. The number of carboxylic acid groups (broad SMARTS) is 1. The lowest BCUT2D eigenvalue weighted by Gasteiger charge is -2.14. The van der Waals surface area contributed by atoms with E-state index >= 15 is 0 Å². The van der Waals surface area contributed by atoms with Gasteiger partial charge in [0.25, 0.3) is 0 Å². The van der Waals surface area contributed by atoms with Gasteiger partial charge >= 0.3 is 5.97 Å². The minimum Gasteiger partial charge on any atom is -0.478 e. The zero-order valence-electron chi connectivity index (χ0n) is 11.2. The van der Waals surface area contributed by atoms with E-state index in [4.69, 9.17) is 16.7 Å². The lowest BCUT2D eigenvalue weighted by Crippen LogP contribution is -2.03. The van der Waals surface area contributed by atoms with E-state index in [2.05, 4.69) is 24.1 Å². The van der Waals surface area contributed by atoms with Crippen LogP contribution in [-0.4, -0.2) is 16.1 Å². The lowest BCUT2D eigenvalue weighted by molar-refractivity contribution is 0.0697. The molecule has 0 aliphatic heterocycles. The predicted molar refractivity (Wildman–Crippen MR) is 80.0 cm³/mol. The first-order valence-corrected chi connectivity index (χ1v) is 6.61. The van der Waals surface area contributed by atoms with Gasteiger partial charge in [0.1, 0.15) is 5.82 Å². The fraction of sp³-hybridized carbons (Fsp3) is 0.200. The highest BCUT2D eigenvalue weighted by Crippen LogP contribution is 2.27. The summed E-state index contributed by atoms with van der Waals surface area (Å²) >= 11 is 5.80. The molecule has 5 heteroatoms. The second-order valence-electron chi connectivity index (χ2n) is 4.72. The summed E-state index contributed by atoms with van der Waals surface area (Å²) in [5.74, 6) is -0.262. The van der Waals surface area contributed by atoms with E-state index < -0.39 is 5.97 Å². The topological polar surface area (TPSA) is 62.2 Å². The fourth-order valence-corrected chi connectivity index (χ4v) is 2.11. The average molecular weight is 291 g/mol. The van der Waals surface area contributed by atoms with Gasteiger partial charge in [-0.15, -0.1) is 0 Å². The molecule has 2 rings (SSSR count). The van der Waals surface area contributed by atoms with Crippen molar-refractivity contribution in [3.8, 4) is 0 Å². The summed E-state index contributed by atoms with van der Waals surface area (Å²) in [7, 11) is 0. The van der Waals surface area contributed by atoms with Crippen LogP contribution in [0.25, 0.3) is 0 Å². The van der Waals surface area contributed by atoms with Gasteiger partial charge in [0.15, 0.2) is 0 Å². The van der Waals surface area contributed by atoms with E-state index in [-0.39, 0.29) is 10.6 Å². The van der Waals surface area contributed by atoms with Crippen molar-refractivity contribution < 1.29 is 9.90 Å². The molecule has 0 unspecified atom stereocenters. The molecule has 0 saturated carbocycles. The Bertz CT molecular complexity index is 642. The van der Waals surface area contributed by atoms with Crippen molar-refractivity contribution in [1.29, 1.82) is 0 Å². The molecule has 4 nitrogen and oxygen atoms in total. The minimum absolute atomic E-state index is 0.0335. The Balaban J connectivity index is 2.36. The molecule has 20 heavy (non-hydrogen) atoms. The van der Waals surface area contributed by atoms with Gasteiger partial charge in [0, 0.05) is 11.9 Å². The minimum atomic E-state index is -1.07. The summed E-state index contributed by atoms with van der Waals surface area (Å²) in [6, 6.07) is 9.29. The first-order chi connectivity index (χ1) is 9.49. The van der Waals surface area contributed by atoms with Gasteiger partial charge < -0.3 is 10.4 Å². The van der Waals surface area contributed by atoms with Gasteiger partial charge in [-0.3, -0.25) is 0 Å². The van der Waals surface area contributed by atoms with Crippen molar-refractivity contribution in [2.24, 2.45) is 0 Å². The third kappa shape index (κ3) is 3.08. The Morgan fingerprint density at radius 1 is 1.35 bits per heavy atom. The van der Waals surface area contributed by atoms with Gasteiger partial charge in [-0.25, -0.2) is 9.78 Å². The average Bonchev–Trinajstić information content (AvgIpc) is 2.41. The van der Waals surface area contributed by atoms with Crippen molar-refractivity contribution in [3.63, 3.8) is 0 Å². The third-order valence-electron chi connectivity index (χ3n) is 2.93. The van der Waals surface area contributed by atoms with Crippen LogP contribution in [0.15, 0.2) is 36.5 Å². The van der Waals surface area contributed by atoms with E-state index in [0.29, 0.717) is 11.7 Å². The molecule has 0 fully saturated rings. The Morgan fingerprint density at radius 3 is 2.70 bits per heavy atom. The van der Waals surface area contributed by atoms with Crippen LogP contribution >= 0.6 is 11.6 Å². The number of rotatable bonds is 4. The van der Waals surface area contributed by atoms with Crippen molar-refractivity contribution >= 4 is 29.1 Å². The van der Waals surface area contributed by atoms with Crippen LogP contribution in [0.4, 0.5) is 11.5 Å². The van der Waals surface area contributed by atoms with Crippen molar-refractivity contribution in [3.05, 3.63) is 52.7 Å². The maximum Gasteiger partial charge on any atom is 0.337 e. The van der Waals surface area contributed by atoms with Gasteiger partial charge in [-0.2, -0.15) is 0 Å². The van der Waals surface area contributed by atoms with Crippen LogP contribution < -0.4 is 5.32 Å². The van der Waals surface area contributed by atoms with Crippen molar-refractivity contribution in [2.45, 2.75) is 19.8 Å². The summed E-state index contributed by atoms with van der Waals surface area (Å²) in [6.45, 7) is 4.19. The summed E-state index contributed by atoms with van der Waals surface area (Å²) < 4.78 is 0. The standard InChI is InChI=1S/C15H15ClN2O2/c1-9(2)10-5-3-4-6-13(10)18-14-7-11(15(19)20)12(16)8-17-14/h3-9H,1-2H3,(H,17,18)(H,19,20). The third-order valence-corrected chi connectivity index (χ3v) is 3.23. The molecule has 0 aliphatic rings. The monoisotopic (exact) mass is 290 g/mol. The number of anilines is 2. The summed E-state index contributed by atoms with van der Waals surface area (Å²) in [4.78, 5) is 15.2. The first kappa shape index (κ1) is 14.3. The van der Waals surface area contributed by atoms with Crippen LogP contribution in [0.5, 0.6) is 0 Å². The second kappa shape index (κ2) is 5.92. The zero-order chi connectivity index (χ0) is 14.7.